The predicted octanol–water partition coefficient (Wildman–Crippen LogP) is 0.226. The summed E-state index contributed by atoms with van der Waals surface area (Å²) in [7, 11) is -0.284. The summed E-state index contributed by atoms with van der Waals surface area (Å²) in [6, 6.07) is 0. The first-order chi connectivity index (χ1) is 7.11. The number of halogens is 3. The maximum Gasteiger partial charge on any atom is 0.490 e. The molecule has 0 heterocycles. The van der Waals surface area contributed by atoms with E-state index in [1.807, 2.05) is 0 Å². The van der Waals surface area contributed by atoms with Crippen LogP contribution < -0.4 is 5.73 Å². The summed E-state index contributed by atoms with van der Waals surface area (Å²) in [5, 5.41) is 15.4. The largest absolute Gasteiger partial charge is 0.490 e. The van der Waals surface area contributed by atoms with Crippen LogP contribution >= 0.6 is 0 Å². The van der Waals surface area contributed by atoms with Gasteiger partial charge in [0.05, 0.1) is 6.23 Å². The van der Waals surface area contributed by atoms with Crippen molar-refractivity contribution >= 4 is 13.7 Å². The van der Waals surface area contributed by atoms with E-state index in [2.05, 4.69) is 18.5 Å². The van der Waals surface area contributed by atoms with Gasteiger partial charge < -0.3 is 20.5 Å². The summed E-state index contributed by atoms with van der Waals surface area (Å²) in [4.78, 5) is 8.90. The number of aliphatic carboxylic acids is 1. The molecule has 0 aromatic heterocycles. The molecule has 0 spiro atoms. The summed E-state index contributed by atoms with van der Waals surface area (Å²) >= 11 is 0. The van der Waals surface area contributed by atoms with Crippen LogP contribution in [0.2, 0.25) is 0 Å². The molecule has 0 rings (SSSR count). The monoisotopic (exact) mass is 245 g/mol. The van der Waals surface area contributed by atoms with Gasteiger partial charge in [0.15, 0.2) is 0 Å². The second kappa shape index (κ2) is 8.37. The fourth-order valence-electron chi connectivity index (χ4n) is 0.628. The van der Waals surface area contributed by atoms with Gasteiger partial charge in [0.25, 0.3) is 0 Å². The molecular formula is C7H15BF3NO4. The SMILES string of the molecule is CC(C)C[C@H](N)OBO.O=C(O)C(F)(F)F. The molecule has 16 heavy (non-hydrogen) atoms. The smallest absolute Gasteiger partial charge is 0.475 e. The maximum absolute atomic E-state index is 10.6. The molecule has 0 amide bonds. The van der Waals surface area contributed by atoms with Gasteiger partial charge in [-0.3, -0.25) is 0 Å². The van der Waals surface area contributed by atoms with Gasteiger partial charge >= 0.3 is 19.8 Å². The van der Waals surface area contributed by atoms with Crippen molar-refractivity contribution in [3.63, 3.8) is 0 Å². The van der Waals surface area contributed by atoms with Gasteiger partial charge in [-0.1, -0.05) is 13.8 Å². The zero-order valence-corrected chi connectivity index (χ0v) is 8.99. The number of carbonyl (C=O) groups is 1. The average Bonchev–Trinajstić information content (AvgIpc) is 2.01. The van der Waals surface area contributed by atoms with Crippen molar-refractivity contribution in [3.8, 4) is 0 Å². The van der Waals surface area contributed by atoms with Gasteiger partial charge in [0.1, 0.15) is 0 Å². The number of hydrogen-bond donors (Lipinski definition) is 3. The van der Waals surface area contributed by atoms with Crippen molar-refractivity contribution in [1.29, 1.82) is 0 Å². The van der Waals surface area contributed by atoms with E-state index in [0.717, 1.165) is 6.42 Å². The Balaban J connectivity index is 0. The maximum atomic E-state index is 10.6. The minimum atomic E-state index is -5.08. The van der Waals surface area contributed by atoms with E-state index in [0.29, 0.717) is 5.92 Å². The van der Waals surface area contributed by atoms with Crippen molar-refractivity contribution in [2.75, 3.05) is 0 Å². The molecule has 0 unspecified atom stereocenters. The molecule has 9 heteroatoms. The first-order valence-corrected chi connectivity index (χ1v) is 4.39. The third-order valence-corrected chi connectivity index (χ3v) is 1.23. The molecule has 0 saturated heterocycles. The molecule has 0 aromatic carbocycles. The van der Waals surface area contributed by atoms with E-state index >= 15 is 0 Å². The van der Waals surface area contributed by atoms with E-state index in [4.69, 9.17) is 20.7 Å². The number of carboxylic acids is 1. The molecule has 0 saturated carbocycles. The zero-order chi connectivity index (χ0) is 13.4. The Hall–Kier alpha value is -0.795. The summed E-state index contributed by atoms with van der Waals surface area (Å²) in [5.74, 6) is -2.24. The lowest BCUT2D eigenvalue weighted by atomic mass is 10.1. The third kappa shape index (κ3) is 13.2. The highest BCUT2D eigenvalue weighted by molar-refractivity contribution is 6.15. The number of hydrogen-bond acceptors (Lipinski definition) is 4. The second-order valence-corrected chi connectivity index (χ2v) is 3.27. The van der Waals surface area contributed by atoms with Crippen LogP contribution in [0.15, 0.2) is 0 Å². The van der Waals surface area contributed by atoms with Crippen LogP contribution in [0.4, 0.5) is 13.2 Å². The minimum Gasteiger partial charge on any atom is -0.475 e. The number of nitrogens with two attached hydrogens (primary N) is 1. The highest BCUT2D eigenvalue weighted by Gasteiger charge is 2.38. The Bertz CT molecular complexity index is 201. The van der Waals surface area contributed by atoms with Crippen molar-refractivity contribution in [2.24, 2.45) is 11.7 Å². The standard InChI is InChI=1S/C5H14BNO2.C2HF3O2/c1-4(2)3-5(7)9-6-8;3-2(4,5)1(6)7/h4-6,8H,3,7H2,1-2H3;(H,6,7)/t5-;/m1./s1. The molecule has 96 valence electrons. The van der Waals surface area contributed by atoms with E-state index in [1.165, 1.54) is 0 Å². The van der Waals surface area contributed by atoms with Gasteiger partial charge in [-0.15, -0.1) is 0 Å². The highest BCUT2D eigenvalue weighted by atomic mass is 19.4. The van der Waals surface area contributed by atoms with E-state index in [9.17, 15) is 13.2 Å². The summed E-state index contributed by atoms with van der Waals surface area (Å²) in [5.41, 5.74) is 5.40. The summed E-state index contributed by atoms with van der Waals surface area (Å²) in [6.45, 7) is 4.11. The van der Waals surface area contributed by atoms with Crippen molar-refractivity contribution in [2.45, 2.75) is 32.7 Å². The molecule has 0 aliphatic carbocycles. The van der Waals surface area contributed by atoms with E-state index in [-0.39, 0.29) is 13.9 Å². The molecule has 0 aliphatic heterocycles. The molecule has 0 radical (unpaired) electrons. The van der Waals surface area contributed by atoms with Gasteiger partial charge in [0, 0.05) is 0 Å². The van der Waals surface area contributed by atoms with Crippen LogP contribution in [0, 0.1) is 5.92 Å². The first-order valence-electron chi connectivity index (χ1n) is 4.39. The lowest BCUT2D eigenvalue weighted by Crippen LogP contribution is -2.27. The second-order valence-electron chi connectivity index (χ2n) is 3.27. The Morgan fingerprint density at radius 2 is 1.88 bits per heavy atom. The third-order valence-electron chi connectivity index (χ3n) is 1.23. The Morgan fingerprint density at radius 1 is 1.50 bits per heavy atom. The normalized spacial score (nSPS) is 12.8. The Morgan fingerprint density at radius 3 is 2.06 bits per heavy atom. The van der Waals surface area contributed by atoms with E-state index < -0.39 is 12.1 Å². The van der Waals surface area contributed by atoms with Crippen LogP contribution in [-0.4, -0.2) is 36.2 Å². The first kappa shape index (κ1) is 17.6. The van der Waals surface area contributed by atoms with Crippen LogP contribution in [0.25, 0.3) is 0 Å². The lowest BCUT2D eigenvalue weighted by molar-refractivity contribution is -0.192. The summed E-state index contributed by atoms with van der Waals surface area (Å²) in [6.07, 6.45) is -4.60. The van der Waals surface area contributed by atoms with Crippen LogP contribution in [0.5, 0.6) is 0 Å². The van der Waals surface area contributed by atoms with Gasteiger partial charge in [0.2, 0.25) is 0 Å². The molecular weight excluding hydrogens is 230 g/mol. The highest BCUT2D eigenvalue weighted by Crippen LogP contribution is 2.13. The van der Waals surface area contributed by atoms with Crippen molar-refractivity contribution in [3.05, 3.63) is 0 Å². The number of alkyl halides is 3. The zero-order valence-electron chi connectivity index (χ0n) is 8.99. The lowest BCUT2D eigenvalue weighted by Gasteiger charge is -2.12. The quantitative estimate of drug-likeness (QED) is 0.486. The molecule has 0 aromatic rings. The van der Waals surface area contributed by atoms with Crippen molar-refractivity contribution < 1.29 is 32.8 Å². The van der Waals surface area contributed by atoms with Gasteiger partial charge in [-0.2, -0.15) is 13.2 Å². The molecule has 4 N–H and O–H groups in total. The van der Waals surface area contributed by atoms with Gasteiger partial charge in [-0.05, 0) is 12.3 Å². The molecule has 1 atom stereocenters. The fraction of sp³-hybridized carbons (Fsp3) is 0.857. The van der Waals surface area contributed by atoms with Crippen LogP contribution in [-0.2, 0) is 9.45 Å². The van der Waals surface area contributed by atoms with Crippen LogP contribution in [0.3, 0.4) is 0 Å². The topological polar surface area (TPSA) is 92.8 Å². The molecule has 5 nitrogen and oxygen atoms in total. The Kier molecular flexibility index (Phi) is 9.20. The van der Waals surface area contributed by atoms with Crippen molar-refractivity contribution in [1.82, 2.24) is 0 Å². The van der Waals surface area contributed by atoms with Crippen LogP contribution in [0.1, 0.15) is 20.3 Å². The fourth-order valence-corrected chi connectivity index (χ4v) is 0.628. The number of rotatable bonds is 4. The molecule has 0 bridgehead atoms. The summed E-state index contributed by atoms with van der Waals surface area (Å²) < 4.78 is 36.4. The Labute approximate surface area is 91.7 Å². The predicted molar refractivity (Wildman–Crippen MR) is 51.6 cm³/mol. The molecule has 0 aliphatic rings. The van der Waals surface area contributed by atoms with E-state index in [1.54, 1.807) is 0 Å². The number of carboxylic acid groups (broad SMARTS) is 1. The molecule has 0 fully saturated rings. The average molecular weight is 245 g/mol. The van der Waals surface area contributed by atoms with Gasteiger partial charge in [-0.25, -0.2) is 4.79 Å². The minimum absolute atomic E-state index is 0.284.